The molecule has 1 amide bonds. The van der Waals surface area contributed by atoms with Gasteiger partial charge in [-0.1, -0.05) is 59.9 Å². The van der Waals surface area contributed by atoms with Crippen LogP contribution in [0.2, 0.25) is 0 Å². The number of hydrogen-bond acceptors (Lipinski definition) is 7. The van der Waals surface area contributed by atoms with Crippen LogP contribution in [-0.4, -0.2) is 30.7 Å². The zero-order valence-corrected chi connectivity index (χ0v) is 23.2. The molecular formula is C31H24FN3O5S. The third-order valence-electron chi connectivity index (χ3n) is 7.27. The third-order valence-corrected chi connectivity index (χ3v) is 8.32. The predicted molar refractivity (Wildman–Crippen MR) is 152 cm³/mol. The van der Waals surface area contributed by atoms with Crippen LogP contribution in [0.3, 0.4) is 0 Å². The Kier molecular flexibility index (Phi) is 6.63. The summed E-state index contributed by atoms with van der Waals surface area (Å²) in [5, 5.41) is 0. The van der Waals surface area contributed by atoms with Gasteiger partial charge in [0, 0.05) is 11.1 Å². The summed E-state index contributed by atoms with van der Waals surface area (Å²) in [6.45, 7) is 1.69. The van der Waals surface area contributed by atoms with Gasteiger partial charge >= 0.3 is 5.97 Å². The second-order valence-corrected chi connectivity index (χ2v) is 10.5. The van der Waals surface area contributed by atoms with Crippen LogP contribution in [0.1, 0.15) is 29.7 Å². The molecule has 8 nitrogen and oxygen atoms in total. The van der Waals surface area contributed by atoms with Crippen molar-refractivity contribution >= 4 is 34.5 Å². The molecule has 0 aliphatic carbocycles. The molecule has 2 aliphatic rings. The van der Waals surface area contributed by atoms with Crippen molar-refractivity contribution in [2.45, 2.75) is 19.5 Å². The normalized spacial score (nSPS) is 17.2. The molecule has 0 fully saturated rings. The molecule has 41 heavy (non-hydrogen) atoms. The van der Waals surface area contributed by atoms with Gasteiger partial charge in [0.05, 0.1) is 49.3 Å². The van der Waals surface area contributed by atoms with Gasteiger partial charge in [-0.25, -0.2) is 14.2 Å². The minimum atomic E-state index is -0.833. The predicted octanol–water partition coefficient (Wildman–Crippen LogP) is 3.47. The monoisotopic (exact) mass is 569 g/mol. The second-order valence-electron chi connectivity index (χ2n) is 9.54. The van der Waals surface area contributed by atoms with Crippen LogP contribution >= 0.6 is 11.3 Å². The smallest absolute Gasteiger partial charge is 0.338 e. The fourth-order valence-electron chi connectivity index (χ4n) is 5.30. The molecule has 0 spiro atoms. The number of allylic oxidation sites excluding steroid dienone is 1. The van der Waals surface area contributed by atoms with E-state index in [1.807, 2.05) is 0 Å². The number of benzene rings is 3. The molecule has 0 saturated heterocycles. The number of rotatable bonds is 5. The highest BCUT2D eigenvalue weighted by Crippen LogP contribution is 2.37. The first-order valence-corrected chi connectivity index (χ1v) is 13.6. The summed E-state index contributed by atoms with van der Waals surface area (Å²) in [6, 6.07) is 19.6. The molecule has 0 unspecified atom stereocenters. The fraction of sp³-hybridized carbons (Fsp3) is 0.161. The van der Waals surface area contributed by atoms with E-state index in [1.165, 1.54) is 22.6 Å². The van der Waals surface area contributed by atoms with E-state index in [0.717, 1.165) is 11.3 Å². The first-order chi connectivity index (χ1) is 19.8. The van der Waals surface area contributed by atoms with Gasteiger partial charge in [0.2, 0.25) is 0 Å². The molecular weight excluding hydrogens is 545 g/mol. The fourth-order valence-corrected chi connectivity index (χ4v) is 6.43. The summed E-state index contributed by atoms with van der Waals surface area (Å²) in [7, 11) is 2.83. The van der Waals surface area contributed by atoms with Crippen molar-refractivity contribution in [3.05, 3.63) is 126 Å². The molecule has 10 heteroatoms. The number of amides is 1. The van der Waals surface area contributed by atoms with Crippen molar-refractivity contribution in [1.82, 2.24) is 4.57 Å². The Bertz CT molecular complexity index is 1940. The molecule has 2 aliphatic heterocycles. The Morgan fingerprint density at radius 1 is 1.00 bits per heavy atom. The van der Waals surface area contributed by atoms with E-state index in [0.29, 0.717) is 38.6 Å². The molecule has 6 rings (SSSR count). The standard InChI is InChI=1S/C31H24FN3O5S/c1-17-24(30(38)40-3)26(18-12-14-20(39-2)15-13-18)35-29(37)27(41-31(35)33-17)25-21-9-5-7-11-23(21)34(28(25)36)16-19-8-4-6-10-22(19)32/h4-15,26H,16H2,1-3H3/b27-25-/t26-/m0/s1. The lowest BCUT2D eigenvalue weighted by atomic mass is 9.96. The molecule has 3 aromatic carbocycles. The van der Waals surface area contributed by atoms with Crippen LogP contribution in [0.15, 0.2) is 93.9 Å². The summed E-state index contributed by atoms with van der Waals surface area (Å²) < 4.78 is 26.5. The lowest BCUT2D eigenvalue weighted by Crippen LogP contribution is -2.40. The van der Waals surface area contributed by atoms with E-state index in [9.17, 15) is 18.8 Å². The van der Waals surface area contributed by atoms with Gasteiger partial charge in [0.1, 0.15) is 16.1 Å². The number of fused-ring (bicyclic) bond motifs is 2. The van der Waals surface area contributed by atoms with E-state index in [4.69, 9.17) is 9.47 Å². The van der Waals surface area contributed by atoms with Gasteiger partial charge in [0.15, 0.2) is 4.80 Å². The van der Waals surface area contributed by atoms with E-state index in [-0.39, 0.29) is 22.2 Å². The second kappa shape index (κ2) is 10.3. The molecule has 206 valence electrons. The van der Waals surface area contributed by atoms with Crippen molar-refractivity contribution in [3.8, 4) is 5.75 Å². The summed E-state index contributed by atoms with van der Waals surface area (Å²) in [6.07, 6.45) is 0. The van der Waals surface area contributed by atoms with Crippen molar-refractivity contribution < 1.29 is 23.5 Å². The number of methoxy groups -OCH3 is 2. The van der Waals surface area contributed by atoms with E-state index in [1.54, 1.807) is 80.8 Å². The first kappa shape index (κ1) is 26.4. The molecule has 0 bridgehead atoms. The van der Waals surface area contributed by atoms with Crippen LogP contribution < -0.4 is 24.5 Å². The maximum absolute atomic E-state index is 14.5. The van der Waals surface area contributed by atoms with Gasteiger partial charge in [-0.05, 0) is 36.8 Å². The van der Waals surface area contributed by atoms with Gasteiger partial charge in [-0.2, -0.15) is 0 Å². The Balaban J connectivity index is 1.58. The van der Waals surface area contributed by atoms with Crippen LogP contribution in [0.25, 0.3) is 5.57 Å². The molecule has 0 radical (unpaired) electrons. The summed E-state index contributed by atoms with van der Waals surface area (Å²) in [5.74, 6) is -0.823. The number of aromatic nitrogens is 1. The molecule has 1 atom stereocenters. The Morgan fingerprint density at radius 3 is 2.41 bits per heavy atom. The van der Waals surface area contributed by atoms with Gasteiger partial charge < -0.3 is 14.4 Å². The zero-order chi connectivity index (χ0) is 28.8. The Morgan fingerprint density at radius 2 is 1.71 bits per heavy atom. The average Bonchev–Trinajstić information content (AvgIpc) is 3.45. The highest BCUT2D eigenvalue weighted by Gasteiger charge is 2.37. The van der Waals surface area contributed by atoms with Crippen LogP contribution in [0, 0.1) is 5.82 Å². The van der Waals surface area contributed by atoms with E-state index >= 15 is 0 Å². The zero-order valence-electron chi connectivity index (χ0n) is 22.4. The van der Waals surface area contributed by atoms with E-state index < -0.39 is 29.3 Å². The van der Waals surface area contributed by atoms with Crippen LogP contribution in [0.4, 0.5) is 10.1 Å². The number of carbonyl (C=O) groups excluding carboxylic acids is 2. The van der Waals surface area contributed by atoms with Gasteiger partial charge in [-0.15, -0.1) is 0 Å². The van der Waals surface area contributed by atoms with Crippen LogP contribution in [0.5, 0.6) is 5.75 Å². The number of halogens is 1. The van der Waals surface area contributed by atoms with Crippen molar-refractivity contribution in [3.63, 3.8) is 0 Å². The third kappa shape index (κ3) is 4.27. The van der Waals surface area contributed by atoms with Crippen molar-refractivity contribution in [1.29, 1.82) is 0 Å². The van der Waals surface area contributed by atoms with Gasteiger partial charge in [-0.3, -0.25) is 14.2 Å². The number of carbonyl (C=O) groups is 2. The molecule has 4 aromatic rings. The van der Waals surface area contributed by atoms with Gasteiger partial charge in [0.25, 0.3) is 11.5 Å². The maximum atomic E-state index is 14.5. The number of hydrogen-bond donors (Lipinski definition) is 0. The largest absolute Gasteiger partial charge is 0.497 e. The first-order valence-electron chi connectivity index (χ1n) is 12.8. The minimum absolute atomic E-state index is 0.00441. The minimum Gasteiger partial charge on any atom is -0.497 e. The molecule has 3 heterocycles. The SMILES string of the molecule is COC(=O)C1=C(C)N=c2s/c(=C3\C(=O)N(Cc4ccccc4F)c4ccccc43)c(=O)n2[C@H]1c1ccc(OC)cc1. The summed E-state index contributed by atoms with van der Waals surface area (Å²) in [5.41, 5.74) is 2.55. The topological polar surface area (TPSA) is 90.2 Å². The number of esters is 1. The number of para-hydroxylation sites is 1. The Hall–Kier alpha value is -4.83. The number of anilines is 1. The molecule has 1 aromatic heterocycles. The Labute approximate surface area is 237 Å². The number of thiazole rings is 1. The number of ether oxygens (including phenoxy) is 2. The average molecular weight is 570 g/mol. The lowest BCUT2D eigenvalue weighted by Gasteiger charge is -2.24. The van der Waals surface area contributed by atoms with Crippen LogP contribution in [-0.2, 0) is 20.9 Å². The van der Waals surface area contributed by atoms with E-state index in [2.05, 4.69) is 4.99 Å². The molecule has 0 saturated carbocycles. The van der Waals surface area contributed by atoms with Crippen molar-refractivity contribution in [2.75, 3.05) is 19.1 Å². The summed E-state index contributed by atoms with van der Waals surface area (Å²) in [4.78, 5) is 47.5. The van der Waals surface area contributed by atoms with Crippen molar-refractivity contribution in [2.24, 2.45) is 4.99 Å². The molecule has 0 N–H and O–H groups in total. The number of nitrogens with zero attached hydrogens (tertiary/aromatic N) is 3. The maximum Gasteiger partial charge on any atom is 0.338 e. The summed E-state index contributed by atoms with van der Waals surface area (Å²) >= 11 is 1.08. The highest BCUT2D eigenvalue weighted by molar-refractivity contribution is 7.07. The highest BCUT2D eigenvalue weighted by atomic mass is 32.1. The lowest BCUT2D eigenvalue weighted by molar-refractivity contribution is -0.136. The quantitative estimate of drug-likeness (QED) is 0.344.